The van der Waals surface area contributed by atoms with Crippen LogP contribution in [0.4, 0.5) is 4.79 Å². The van der Waals surface area contributed by atoms with Gasteiger partial charge >= 0.3 is 6.09 Å². The molecule has 2 heterocycles. The lowest BCUT2D eigenvalue weighted by molar-refractivity contribution is 0.144. The second-order valence-electron chi connectivity index (χ2n) is 3.67. The third-order valence-corrected chi connectivity index (χ3v) is 2.53. The molecular formula is C10H13N3O4. The summed E-state index contributed by atoms with van der Waals surface area (Å²) >= 11 is 0. The number of aromatic nitrogens is 2. The molecule has 1 N–H and O–H groups in total. The number of carboxylic acid groups (broad SMARTS) is 1. The molecule has 1 fully saturated rings. The summed E-state index contributed by atoms with van der Waals surface area (Å²) in [4.78, 5) is 12.0. The van der Waals surface area contributed by atoms with Gasteiger partial charge in [-0.25, -0.2) is 4.79 Å². The number of rotatable bonds is 3. The molecule has 1 unspecified atom stereocenters. The van der Waals surface area contributed by atoms with Crippen LogP contribution in [0.5, 0.6) is 11.8 Å². The van der Waals surface area contributed by atoms with Crippen LogP contribution in [0.25, 0.3) is 0 Å². The van der Waals surface area contributed by atoms with Crippen LogP contribution in [0.15, 0.2) is 12.1 Å². The highest BCUT2D eigenvalue weighted by Gasteiger charge is 2.27. The summed E-state index contributed by atoms with van der Waals surface area (Å²) in [5.41, 5.74) is 0. The molecule has 17 heavy (non-hydrogen) atoms. The second-order valence-corrected chi connectivity index (χ2v) is 3.67. The summed E-state index contributed by atoms with van der Waals surface area (Å²) in [6.45, 7) is 0.854. The lowest BCUT2D eigenvalue weighted by atomic mass is 10.3. The van der Waals surface area contributed by atoms with E-state index in [-0.39, 0.29) is 6.10 Å². The maximum absolute atomic E-state index is 10.7. The van der Waals surface area contributed by atoms with Crippen molar-refractivity contribution in [2.24, 2.45) is 0 Å². The molecule has 92 valence electrons. The second kappa shape index (κ2) is 4.86. The van der Waals surface area contributed by atoms with E-state index in [0.717, 1.165) is 0 Å². The van der Waals surface area contributed by atoms with Crippen molar-refractivity contribution in [2.75, 3.05) is 20.2 Å². The van der Waals surface area contributed by atoms with Crippen LogP contribution in [0.1, 0.15) is 6.42 Å². The predicted octanol–water partition coefficient (Wildman–Crippen LogP) is 0.616. The molecule has 1 aliphatic heterocycles. The first kappa shape index (κ1) is 11.4. The molecule has 0 aromatic carbocycles. The number of carbonyl (C=O) groups is 1. The molecule has 1 atom stereocenters. The van der Waals surface area contributed by atoms with Gasteiger partial charge in [0, 0.05) is 25.1 Å². The molecule has 0 radical (unpaired) electrons. The van der Waals surface area contributed by atoms with Crippen LogP contribution < -0.4 is 9.47 Å². The van der Waals surface area contributed by atoms with Crippen LogP contribution in [0, 0.1) is 0 Å². The SMILES string of the molecule is COc1ccc(OC2CCN(C(=O)O)C2)nn1. The molecule has 7 nitrogen and oxygen atoms in total. The Bertz CT molecular complexity index is 395. The van der Waals surface area contributed by atoms with E-state index >= 15 is 0 Å². The van der Waals surface area contributed by atoms with Crippen LogP contribution in [0.3, 0.4) is 0 Å². The number of likely N-dealkylation sites (tertiary alicyclic amines) is 1. The predicted molar refractivity (Wildman–Crippen MR) is 57.2 cm³/mol. The Balaban J connectivity index is 1.91. The molecule has 0 spiro atoms. The zero-order valence-electron chi connectivity index (χ0n) is 9.37. The number of nitrogens with zero attached hydrogens (tertiary/aromatic N) is 3. The molecule has 1 aromatic heterocycles. The Morgan fingerprint density at radius 2 is 2.18 bits per heavy atom. The van der Waals surface area contributed by atoms with Gasteiger partial charge in [-0.1, -0.05) is 0 Å². The molecule has 0 saturated carbocycles. The molecule has 1 aromatic rings. The summed E-state index contributed by atoms with van der Waals surface area (Å²) in [6, 6.07) is 3.29. The maximum atomic E-state index is 10.7. The van der Waals surface area contributed by atoms with Gasteiger partial charge in [0.2, 0.25) is 11.8 Å². The largest absolute Gasteiger partial charge is 0.480 e. The summed E-state index contributed by atoms with van der Waals surface area (Å²) in [5.74, 6) is 0.791. The smallest absolute Gasteiger partial charge is 0.407 e. The minimum Gasteiger partial charge on any atom is -0.480 e. The Labute approximate surface area is 98.0 Å². The van der Waals surface area contributed by atoms with E-state index in [1.54, 1.807) is 12.1 Å². The summed E-state index contributed by atoms with van der Waals surface area (Å²) < 4.78 is 10.4. The first-order chi connectivity index (χ1) is 8.19. The van der Waals surface area contributed by atoms with Gasteiger partial charge in [0.05, 0.1) is 13.7 Å². The minimum atomic E-state index is -0.920. The lowest BCUT2D eigenvalue weighted by Crippen LogP contribution is -2.29. The fraction of sp³-hybridized carbons (Fsp3) is 0.500. The average molecular weight is 239 g/mol. The summed E-state index contributed by atoms with van der Waals surface area (Å²) in [7, 11) is 1.51. The van der Waals surface area contributed by atoms with E-state index in [0.29, 0.717) is 31.3 Å². The van der Waals surface area contributed by atoms with Gasteiger partial charge in [-0.3, -0.25) is 0 Å². The topological polar surface area (TPSA) is 84.8 Å². The first-order valence-corrected chi connectivity index (χ1v) is 5.21. The van der Waals surface area contributed by atoms with Crippen molar-refractivity contribution >= 4 is 6.09 Å². The van der Waals surface area contributed by atoms with E-state index in [9.17, 15) is 4.79 Å². The monoisotopic (exact) mass is 239 g/mol. The van der Waals surface area contributed by atoms with Gasteiger partial charge in [0.25, 0.3) is 0 Å². The van der Waals surface area contributed by atoms with E-state index in [2.05, 4.69) is 10.2 Å². The quantitative estimate of drug-likeness (QED) is 0.832. The standard InChI is InChI=1S/C10H13N3O4/c1-16-8-2-3-9(12-11-8)17-7-4-5-13(6-7)10(14)15/h2-3,7H,4-6H2,1H3,(H,14,15). The van der Waals surface area contributed by atoms with E-state index in [1.165, 1.54) is 12.0 Å². The number of methoxy groups -OCH3 is 1. The highest BCUT2D eigenvalue weighted by molar-refractivity contribution is 5.65. The Hall–Kier alpha value is -2.05. The Morgan fingerprint density at radius 3 is 2.71 bits per heavy atom. The van der Waals surface area contributed by atoms with Gasteiger partial charge in [-0.2, -0.15) is 0 Å². The normalized spacial score (nSPS) is 19.1. The highest BCUT2D eigenvalue weighted by atomic mass is 16.5. The van der Waals surface area contributed by atoms with Crippen LogP contribution >= 0.6 is 0 Å². The third-order valence-electron chi connectivity index (χ3n) is 2.53. The number of hydrogen-bond acceptors (Lipinski definition) is 5. The molecule has 1 aliphatic rings. The number of amides is 1. The molecular weight excluding hydrogens is 226 g/mol. The van der Waals surface area contributed by atoms with Crippen molar-refractivity contribution in [3.63, 3.8) is 0 Å². The lowest BCUT2D eigenvalue weighted by Gasteiger charge is -2.13. The van der Waals surface area contributed by atoms with E-state index in [4.69, 9.17) is 14.6 Å². The molecule has 7 heteroatoms. The number of hydrogen-bond donors (Lipinski definition) is 1. The fourth-order valence-electron chi connectivity index (χ4n) is 1.65. The highest BCUT2D eigenvalue weighted by Crippen LogP contribution is 2.17. The van der Waals surface area contributed by atoms with Gasteiger partial charge in [0.15, 0.2) is 0 Å². The van der Waals surface area contributed by atoms with Crippen molar-refractivity contribution in [3.05, 3.63) is 12.1 Å². The zero-order valence-corrected chi connectivity index (χ0v) is 9.37. The van der Waals surface area contributed by atoms with Crippen molar-refractivity contribution in [1.29, 1.82) is 0 Å². The molecule has 1 saturated heterocycles. The third kappa shape index (κ3) is 2.74. The first-order valence-electron chi connectivity index (χ1n) is 5.21. The van der Waals surface area contributed by atoms with Gasteiger partial charge < -0.3 is 19.5 Å². The summed E-state index contributed by atoms with van der Waals surface area (Å²) in [5, 5.41) is 16.4. The number of ether oxygens (including phenoxy) is 2. The van der Waals surface area contributed by atoms with Crippen LogP contribution in [-0.2, 0) is 0 Å². The van der Waals surface area contributed by atoms with Crippen LogP contribution in [0.2, 0.25) is 0 Å². The van der Waals surface area contributed by atoms with Crippen molar-refractivity contribution in [2.45, 2.75) is 12.5 Å². The fourth-order valence-corrected chi connectivity index (χ4v) is 1.65. The van der Waals surface area contributed by atoms with E-state index < -0.39 is 6.09 Å². The van der Waals surface area contributed by atoms with Gasteiger partial charge in [-0.05, 0) is 0 Å². The molecule has 1 amide bonds. The van der Waals surface area contributed by atoms with Crippen molar-refractivity contribution < 1.29 is 19.4 Å². The molecule has 2 rings (SSSR count). The maximum Gasteiger partial charge on any atom is 0.407 e. The Morgan fingerprint density at radius 1 is 1.47 bits per heavy atom. The molecule has 0 bridgehead atoms. The van der Waals surface area contributed by atoms with Crippen molar-refractivity contribution in [3.8, 4) is 11.8 Å². The van der Waals surface area contributed by atoms with Gasteiger partial charge in [0.1, 0.15) is 6.10 Å². The zero-order chi connectivity index (χ0) is 12.3. The summed E-state index contributed by atoms with van der Waals surface area (Å²) in [6.07, 6.45) is -0.411. The molecule has 0 aliphatic carbocycles. The van der Waals surface area contributed by atoms with Crippen LogP contribution in [-0.4, -0.2) is 52.6 Å². The van der Waals surface area contributed by atoms with Crippen molar-refractivity contribution in [1.82, 2.24) is 15.1 Å². The average Bonchev–Trinajstić information content (AvgIpc) is 2.79. The minimum absolute atomic E-state index is 0.159. The Kier molecular flexibility index (Phi) is 3.27. The van der Waals surface area contributed by atoms with E-state index in [1.807, 2.05) is 0 Å². The van der Waals surface area contributed by atoms with Gasteiger partial charge in [-0.15, -0.1) is 10.2 Å².